The summed E-state index contributed by atoms with van der Waals surface area (Å²) in [6, 6.07) is 18.2. The summed E-state index contributed by atoms with van der Waals surface area (Å²) in [5, 5.41) is 11.8. The van der Waals surface area contributed by atoms with Crippen LogP contribution in [-0.2, 0) is 16.0 Å². The lowest BCUT2D eigenvalue weighted by Gasteiger charge is -2.22. The predicted octanol–water partition coefficient (Wildman–Crippen LogP) is 3.68. The van der Waals surface area contributed by atoms with Crippen LogP contribution in [0.4, 0.5) is 5.69 Å². The number of anilines is 1. The summed E-state index contributed by atoms with van der Waals surface area (Å²) in [5.74, 6) is -1.15. The number of para-hydroxylation sites is 1. The summed E-state index contributed by atoms with van der Waals surface area (Å²) in [5.41, 5.74) is 2.02. The average Bonchev–Trinajstić information content (AvgIpc) is 3.01. The largest absolute Gasteiger partial charge is 0.507 e. The van der Waals surface area contributed by atoms with E-state index in [9.17, 15) is 14.7 Å². The molecule has 0 aromatic heterocycles. The number of amides is 1. The molecule has 0 saturated carbocycles. The van der Waals surface area contributed by atoms with E-state index in [0.717, 1.165) is 28.4 Å². The van der Waals surface area contributed by atoms with Gasteiger partial charge in [-0.3, -0.25) is 4.79 Å². The maximum atomic E-state index is 12.6. The lowest BCUT2D eigenvalue weighted by atomic mass is 10.1. The SMILES string of the molecule is C[C@@H]1Cc2ccccc2N1C(=O)COC(=O)c1cc2ccccc2cc1O. The smallest absolute Gasteiger partial charge is 0.342 e. The van der Waals surface area contributed by atoms with Gasteiger partial charge in [0.25, 0.3) is 5.91 Å². The van der Waals surface area contributed by atoms with Gasteiger partial charge in [-0.05, 0) is 47.9 Å². The van der Waals surface area contributed by atoms with Crippen LogP contribution >= 0.6 is 0 Å². The number of carbonyl (C=O) groups is 2. The summed E-state index contributed by atoms with van der Waals surface area (Å²) >= 11 is 0. The fourth-order valence-electron chi connectivity index (χ4n) is 3.61. The Morgan fingerprint density at radius 1 is 1.07 bits per heavy atom. The first kappa shape index (κ1) is 17.1. The van der Waals surface area contributed by atoms with Gasteiger partial charge in [-0.15, -0.1) is 0 Å². The lowest BCUT2D eigenvalue weighted by molar-refractivity contribution is -0.122. The lowest BCUT2D eigenvalue weighted by Crippen LogP contribution is -2.38. The minimum absolute atomic E-state index is 0.0164. The Morgan fingerprint density at radius 2 is 1.74 bits per heavy atom. The van der Waals surface area contributed by atoms with E-state index < -0.39 is 5.97 Å². The molecule has 0 unspecified atom stereocenters. The first-order valence-electron chi connectivity index (χ1n) is 8.83. The highest BCUT2D eigenvalue weighted by Crippen LogP contribution is 2.32. The molecule has 0 saturated heterocycles. The molecule has 1 aliphatic heterocycles. The molecule has 0 spiro atoms. The first-order valence-corrected chi connectivity index (χ1v) is 8.83. The number of aromatic hydroxyl groups is 1. The Morgan fingerprint density at radius 3 is 2.52 bits per heavy atom. The van der Waals surface area contributed by atoms with Crippen LogP contribution in [0.3, 0.4) is 0 Å². The number of fused-ring (bicyclic) bond motifs is 2. The van der Waals surface area contributed by atoms with E-state index in [4.69, 9.17) is 4.74 Å². The van der Waals surface area contributed by atoms with Gasteiger partial charge in [-0.2, -0.15) is 0 Å². The van der Waals surface area contributed by atoms with Crippen LogP contribution < -0.4 is 4.90 Å². The minimum Gasteiger partial charge on any atom is -0.507 e. The van der Waals surface area contributed by atoms with E-state index in [1.807, 2.05) is 55.5 Å². The number of esters is 1. The second-order valence-corrected chi connectivity index (χ2v) is 6.74. The van der Waals surface area contributed by atoms with Crippen LogP contribution in [0.5, 0.6) is 5.75 Å². The summed E-state index contributed by atoms with van der Waals surface area (Å²) in [7, 11) is 0. The van der Waals surface area contributed by atoms with E-state index in [1.54, 1.807) is 11.0 Å². The molecule has 1 amide bonds. The van der Waals surface area contributed by atoms with Gasteiger partial charge in [0, 0.05) is 11.7 Å². The number of hydrogen-bond acceptors (Lipinski definition) is 4. The van der Waals surface area contributed by atoms with Gasteiger partial charge >= 0.3 is 5.97 Å². The highest BCUT2D eigenvalue weighted by molar-refractivity contribution is 6.01. The molecule has 1 heterocycles. The zero-order valence-corrected chi connectivity index (χ0v) is 14.9. The number of benzene rings is 3. The average molecular weight is 361 g/mol. The summed E-state index contributed by atoms with van der Waals surface area (Å²) < 4.78 is 5.21. The third-order valence-electron chi connectivity index (χ3n) is 4.89. The van der Waals surface area contributed by atoms with Crippen molar-refractivity contribution in [2.24, 2.45) is 0 Å². The van der Waals surface area contributed by atoms with E-state index >= 15 is 0 Å². The van der Waals surface area contributed by atoms with Crippen molar-refractivity contribution >= 4 is 28.3 Å². The van der Waals surface area contributed by atoms with Crippen molar-refractivity contribution in [1.29, 1.82) is 0 Å². The zero-order valence-electron chi connectivity index (χ0n) is 14.9. The summed E-state index contributed by atoms with van der Waals surface area (Å²) in [6.45, 7) is 1.60. The van der Waals surface area contributed by atoms with E-state index in [0.29, 0.717) is 0 Å². The Bertz CT molecular complexity index is 1040. The topological polar surface area (TPSA) is 66.8 Å². The van der Waals surface area contributed by atoms with Gasteiger partial charge in [-0.1, -0.05) is 42.5 Å². The molecule has 3 aromatic carbocycles. The Kier molecular flexibility index (Phi) is 4.28. The molecule has 4 rings (SSSR count). The molecular formula is C22H19NO4. The normalized spacial score (nSPS) is 15.6. The molecule has 27 heavy (non-hydrogen) atoms. The van der Waals surface area contributed by atoms with Crippen LogP contribution in [0.2, 0.25) is 0 Å². The van der Waals surface area contributed by atoms with Crippen LogP contribution in [0.25, 0.3) is 10.8 Å². The monoisotopic (exact) mass is 361 g/mol. The number of phenolic OH excluding ortho intramolecular Hbond substituents is 1. The van der Waals surface area contributed by atoms with Crippen molar-refractivity contribution < 1.29 is 19.4 Å². The summed E-state index contributed by atoms with van der Waals surface area (Å²) in [6.07, 6.45) is 0.779. The van der Waals surface area contributed by atoms with Crippen LogP contribution in [0.15, 0.2) is 60.7 Å². The Labute approximate surface area is 156 Å². The maximum Gasteiger partial charge on any atom is 0.342 e. The van der Waals surface area contributed by atoms with E-state index in [2.05, 4.69) is 0 Å². The van der Waals surface area contributed by atoms with Gasteiger partial charge in [0.05, 0.1) is 0 Å². The zero-order chi connectivity index (χ0) is 19.0. The molecule has 5 nitrogen and oxygen atoms in total. The van der Waals surface area contributed by atoms with Crippen molar-refractivity contribution in [3.8, 4) is 5.75 Å². The third-order valence-corrected chi connectivity index (χ3v) is 4.89. The summed E-state index contributed by atoms with van der Waals surface area (Å²) in [4.78, 5) is 26.7. The van der Waals surface area contributed by atoms with E-state index in [-0.39, 0.29) is 29.9 Å². The number of ether oxygens (including phenoxy) is 1. The number of nitrogens with zero attached hydrogens (tertiary/aromatic N) is 1. The fourth-order valence-corrected chi connectivity index (χ4v) is 3.61. The maximum absolute atomic E-state index is 12.6. The van der Waals surface area contributed by atoms with Crippen LogP contribution in [-0.4, -0.2) is 29.6 Å². The predicted molar refractivity (Wildman–Crippen MR) is 103 cm³/mol. The molecule has 3 aromatic rings. The van der Waals surface area contributed by atoms with Gasteiger partial charge in [0.15, 0.2) is 6.61 Å². The second-order valence-electron chi connectivity index (χ2n) is 6.74. The first-order chi connectivity index (χ1) is 13.0. The van der Waals surface area contributed by atoms with Crippen molar-refractivity contribution in [3.63, 3.8) is 0 Å². The molecule has 1 atom stereocenters. The third kappa shape index (κ3) is 3.12. The molecule has 5 heteroatoms. The highest BCUT2D eigenvalue weighted by Gasteiger charge is 2.31. The van der Waals surface area contributed by atoms with Crippen molar-refractivity contribution in [2.75, 3.05) is 11.5 Å². The quantitative estimate of drug-likeness (QED) is 0.723. The number of phenols is 1. The molecule has 1 N–H and O–H groups in total. The Balaban J connectivity index is 1.50. The highest BCUT2D eigenvalue weighted by atomic mass is 16.5. The number of rotatable bonds is 3. The second kappa shape index (κ2) is 6.76. The molecular weight excluding hydrogens is 342 g/mol. The van der Waals surface area contributed by atoms with E-state index in [1.165, 1.54) is 6.07 Å². The van der Waals surface area contributed by atoms with Crippen LogP contribution in [0.1, 0.15) is 22.8 Å². The minimum atomic E-state index is -0.716. The number of hydrogen-bond donors (Lipinski definition) is 1. The Hall–Kier alpha value is -3.34. The van der Waals surface area contributed by atoms with Gasteiger partial charge in [0.1, 0.15) is 11.3 Å². The van der Waals surface area contributed by atoms with Crippen molar-refractivity contribution in [3.05, 3.63) is 71.8 Å². The molecule has 136 valence electrons. The van der Waals surface area contributed by atoms with Gasteiger partial charge in [-0.25, -0.2) is 4.79 Å². The van der Waals surface area contributed by atoms with Gasteiger partial charge in [0.2, 0.25) is 0 Å². The molecule has 0 fully saturated rings. The molecule has 0 bridgehead atoms. The van der Waals surface area contributed by atoms with Gasteiger partial charge < -0.3 is 14.7 Å². The number of carbonyl (C=O) groups excluding carboxylic acids is 2. The molecule has 1 aliphatic rings. The van der Waals surface area contributed by atoms with Crippen molar-refractivity contribution in [2.45, 2.75) is 19.4 Å². The standard InChI is InChI=1S/C22H19NO4/c1-14-10-17-8-4-5-9-19(17)23(14)21(25)13-27-22(26)18-11-15-6-2-3-7-16(15)12-20(18)24/h2-9,11-12,14,24H,10,13H2,1H3/t14-/m1/s1. The van der Waals surface area contributed by atoms with Crippen molar-refractivity contribution in [1.82, 2.24) is 0 Å². The fraction of sp³-hybridized carbons (Fsp3) is 0.182. The molecule has 0 radical (unpaired) electrons. The molecule has 0 aliphatic carbocycles. The van der Waals surface area contributed by atoms with Crippen LogP contribution in [0, 0.1) is 0 Å².